The molecule has 0 spiro atoms. The van der Waals surface area contributed by atoms with Crippen LogP contribution in [0.5, 0.6) is 11.5 Å². The van der Waals surface area contributed by atoms with Gasteiger partial charge in [0.2, 0.25) is 0 Å². The minimum Gasteiger partial charge on any atom is -0.494 e. The first-order chi connectivity index (χ1) is 15.6. The number of hydrogen-bond donors (Lipinski definition) is 1. The summed E-state index contributed by atoms with van der Waals surface area (Å²) in [5.41, 5.74) is 3.66. The lowest BCUT2D eigenvalue weighted by atomic mass is 10.1. The maximum atomic E-state index is 13.2. The molecule has 0 aromatic heterocycles. The van der Waals surface area contributed by atoms with E-state index < -0.39 is 0 Å². The van der Waals surface area contributed by atoms with Gasteiger partial charge < -0.3 is 14.8 Å². The van der Waals surface area contributed by atoms with Crippen molar-refractivity contribution in [2.75, 3.05) is 30.0 Å². The Balaban J connectivity index is 1.81. The van der Waals surface area contributed by atoms with Crippen LogP contribution in [-0.4, -0.2) is 25.8 Å². The molecule has 0 heterocycles. The van der Waals surface area contributed by atoms with E-state index >= 15 is 0 Å². The van der Waals surface area contributed by atoms with Gasteiger partial charge in [0.15, 0.2) is 0 Å². The fraction of sp³-hybridized carbons (Fsp3) is 0.222. The molecule has 5 nitrogen and oxygen atoms in total. The molecule has 3 rings (SSSR count). The summed E-state index contributed by atoms with van der Waals surface area (Å²) in [5.74, 6) is 1.55. The number of ether oxygens (including phenoxy) is 2. The van der Waals surface area contributed by atoms with Gasteiger partial charge in [0.1, 0.15) is 11.5 Å². The topological polar surface area (TPSA) is 50.8 Å². The SMILES string of the molecule is CCOc1ccc(NC(=O)N(C/C(C)=C/c2ccccc2)c2ccc(OCC)cc2)cc1. The van der Waals surface area contributed by atoms with E-state index in [0.717, 1.165) is 28.3 Å². The molecule has 0 fully saturated rings. The van der Waals surface area contributed by atoms with Gasteiger partial charge in [-0.05, 0) is 74.9 Å². The van der Waals surface area contributed by atoms with E-state index in [2.05, 4.69) is 11.4 Å². The first-order valence-corrected chi connectivity index (χ1v) is 10.9. The molecular formula is C27H30N2O3. The maximum Gasteiger partial charge on any atom is 0.326 e. The molecule has 32 heavy (non-hydrogen) atoms. The number of urea groups is 1. The van der Waals surface area contributed by atoms with Crippen molar-refractivity contribution < 1.29 is 14.3 Å². The molecule has 166 valence electrons. The van der Waals surface area contributed by atoms with Crippen molar-refractivity contribution in [1.29, 1.82) is 0 Å². The lowest BCUT2D eigenvalue weighted by Crippen LogP contribution is -2.36. The molecule has 0 radical (unpaired) electrons. The molecule has 0 saturated heterocycles. The smallest absolute Gasteiger partial charge is 0.326 e. The van der Waals surface area contributed by atoms with Gasteiger partial charge >= 0.3 is 6.03 Å². The standard InChI is InChI=1S/C27H30N2O3/c1-4-31-25-15-11-23(12-16-25)28-27(30)29(24-13-17-26(18-14-24)32-5-2)20-21(3)19-22-9-7-6-8-10-22/h6-19H,4-5,20H2,1-3H3,(H,28,30)/b21-19+. The fourth-order valence-corrected chi connectivity index (χ4v) is 3.29. The van der Waals surface area contributed by atoms with Crippen LogP contribution in [0.4, 0.5) is 16.2 Å². The van der Waals surface area contributed by atoms with E-state index in [9.17, 15) is 4.79 Å². The Morgan fingerprint density at radius 2 is 1.41 bits per heavy atom. The van der Waals surface area contributed by atoms with Crippen LogP contribution in [0.25, 0.3) is 6.08 Å². The number of hydrogen-bond acceptors (Lipinski definition) is 3. The van der Waals surface area contributed by atoms with Crippen LogP contribution in [-0.2, 0) is 0 Å². The molecule has 0 unspecified atom stereocenters. The van der Waals surface area contributed by atoms with Crippen LogP contribution in [0.15, 0.2) is 84.4 Å². The summed E-state index contributed by atoms with van der Waals surface area (Å²) in [5, 5.41) is 2.99. The van der Waals surface area contributed by atoms with Crippen molar-refractivity contribution in [3.63, 3.8) is 0 Å². The van der Waals surface area contributed by atoms with E-state index in [1.807, 2.05) is 99.6 Å². The summed E-state index contributed by atoms with van der Waals surface area (Å²) >= 11 is 0. The first kappa shape index (κ1) is 22.9. The van der Waals surface area contributed by atoms with Crippen molar-refractivity contribution in [2.45, 2.75) is 20.8 Å². The van der Waals surface area contributed by atoms with E-state index in [1.165, 1.54) is 0 Å². The molecule has 0 bridgehead atoms. The average Bonchev–Trinajstić information content (AvgIpc) is 2.80. The Hall–Kier alpha value is -3.73. The number of benzene rings is 3. The highest BCUT2D eigenvalue weighted by atomic mass is 16.5. The van der Waals surface area contributed by atoms with Crippen LogP contribution in [0.1, 0.15) is 26.3 Å². The van der Waals surface area contributed by atoms with Crippen molar-refractivity contribution in [2.24, 2.45) is 0 Å². The van der Waals surface area contributed by atoms with Crippen LogP contribution in [0.3, 0.4) is 0 Å². The Labute approximate surface area is 190 Å². The predicted molar refractivity (Wildman–Crippen MR) is 132 cm³/mol. The lowest BCUT2D eigenvalue weighted by Gasteiger charge is -2.24. The lowest BCUT2D eigenvalue weighted by molar-refractivity contribution is 0.257. The number of nitrogens with zero attached hydrogens (tertiary/aromatic N) is 1. The molecule has 3 aromatic rings. The van der Waals surface area contributed by atoms with E-state index in [1.54, 1.807) is 4.90 Å². The average molecular weight is 431 g/mol. The number of carbonyl (C=O) groups is 1. The summed E-state index contributed by atoms with van der Waals surface area (Å²) in [6, 6.07) is 24.8. The largest absolute Gasteiger partial charge is 0.494 e. The van der Waals surface area contributed by atoms with Gasteiger partial charge in [-0.1, -0.05) is 42.0 Å². The van der Waals surface area contributed by atoms with Gasteiger partial charge in [-0.15, -0.1) is 0 Å². The number of carbonyl (C=O) groups excluding carboxylic acids is 1. The highest BCUT2D eigenvalue weighted by Gasteiger charge is 2.17. The summed E-state index contributed by atoms with van der Waals surface area (Å²) < 4.78 is 11.0. The van der Waals surface area contributed by atoms with Crippen LogP contribution < -0.4 is 19.7 Å². The van der Waals surface area contributed by atoms with E-state index in [4.69, 9.17) is 9.47 Å². The fourth-order valence-electron chi connectivity index (χ4n) is 3.29. The van der Waals surface area contributed by atoms with Crippen LogP contribution in [0, 0.1) is 0 Å². The molecule has 0 aliphatic heterocycles. The second kappa shape index (κ2) is 11.6. The zero-order valence-electron chi connectivity index (χ0n) is 18.9. The van der Waals surface area contributed by atoms with Gasteiger partial charge in [-0.2, -0.15) is 0 Å². The van der Waals surface area contributed by atoms with Crippen molar-refractivity contribution in [3.05, 3.63) is 90.0 Å². The van der Waals surface area contributed by atoms with Gasteiger partial charge in [-0.3, -0.25) is 4.90 Å². The van der Waals surface area contributed by atoms with Gasteiger partial charge in [0, 0.05) is 17.9 Å². The first-order valence-electron chi connectivity index (χ1n) is 10.9. The Bertz CT molecular complexity index is 1010. The summed E-state index contributed by atoms with van der Waals surface area (Å²) in [4.78, 5) is 15.0. The quantitative estimate of drug-likeness (QED) is 0.415. The Kier molecular flexibility index (Phi) is 8.32. The molecule has 0 atom stereocenters. The van der Waals surface area contributed by atoms with E-state index in [-0.39, 0.29) is 6.03 Å². The normalized spacial score (nSPS) is 11.0. The number of rotatable bonds is 9. The maximum absolute atomic E-state index is 13.2. The second-order valence-corrected chi connectivity index (χ2v) is 7.30. The summed E-state index contributed by atoms with van der Waals surface area (Å²) in [6.07, 6.45) is 2.09. The van der Waals surface area contributed by atoms with Crippen LogP contribution >= 0.6 is 0 Å². The summed E-state index contributed by atoms with van der Waals surface area (Å²) in [6.45, 7) is 7.56. The molecular weight excluding hydrogens is 400 g/mol. The second-order valence-electron chi connectivity index (χ2n) is 7.30. The minimum atomic E-state index is -0.209. The molecule has 1 N–H and O–H groups in total. The number of amides is 2. The minimum absolute atomic E-state index is 0.209. The summed E-state index contributed by atoms with van der Waals surface area (Å²) in [7, 11) is 0. The third-order valence-electron chi connectivity index (χ3n) is 4.74. The third-order valence-corrected chi connectivity index (χ3v) is 4.74. The molecule has 0 saturated carbocycles. The zero-order valence-corrected chi connectivity index (χ0v) is 18.9. The predicted octanol–water partition coefficient (Wildman–Crippen LogP) is 6.63. The number of nitrogens with one attached hydrogen (secondary N) is 1. The van der Waals surface area contributed by atoms with Crippen molar-refractivity contribution in [1.82, 2.24) is 0 Å². The monoisotopic (exact) mass is 430 g/mol. The van der Waals surface area contributed by atoms with Crippen molar-refractivity contribution in [3.8, 4) is 11.5 Å². The highest BCUT2D eigenvalue weighted by Crippen LogP contribution is 2.23. The third kappa shape index (κ3) is 6.64. The Morgan fingerprint density at radius 3 is 1.97 bits per heavy atom. The highest BCUT2D eigenvalue weighted by molar-refractivity contribution is 6.02. The molecule has 0 aliphatic carbocycles. The Morgan fingerprint density at radius 1 is 0.844 bits per heavy atom. The van der Waals surface area contributed by atoms with Crippen LogP contribution in [0.2, 0.25) is 0 Å². The zero-order chi connectivity index (χ0) is 22.8. The molecule has 5 heteroatoms. The van der Waals surface area contributed by atoms with Crippen molar-refractivity contribution >= 4 is 23.5 Å². The van der Waals surface area contributed by atoms with Gasteiger partial charge in [0.25, 0.3) is 0 Å². The number of anilines is 2. The van der Waals surface area contributed by atoms with Gasteiger partial charge in [0.05, 0.1) is 13.2 Å². The van der Waals surface area contributed by atoms with Gasteiger partial charge in [-0.25, -0.2) is 4.79 Å². The molecule has 2 amide bonds. The van der Waals surface area contributed by atoms with E-state index in [0.29, 0.717) is 25.4 Å². The molecule has 0 aliphatic rings. The molecule has 3 aromatic carbocycles.